The number of carbonyl (C=O) groups is 2. The molecule has 2 N–H and O–H groups in total. The molecular formula is C32H40FNO4. The number of aliphatic hydroxyl groups is 2. The third kappa shape index (κ3) is 3.14. The fourth-order valence-electron chi connectivity index (χ4n) is 10.1. The van der Waals surface area contributed by atoms with Crippen LogP contribution >= 0.6 is 0 Å². The minimum atomic E-state index is -1.92. The number of halogens is 1. The van der Waals surface area contributed by atoms with Gasteiger partial charge >= 0.3 is 0 Å². The fraction of sp³-hybridized carbons (Fsp3) is 0.625. The van der Waals surface area contributed by atoms with E-state index in [9.17, 15) is 19.8 Å². The van der Waals surface area contributed by atoms with Gasteiger partial charge in [-0.2, -0.15) is 0 Å². The lowest BCUT2D eigenvalue weighted by Gasteiger charge is -2.64. The van der Waals surface area contributed by atoms with Gasteiger partial charge in [0.15, 0.2) is 17.2 Å². The molecule has 1 aromatic rings. The Labute approximate surface area is 224 Å². The Balaban J connectivity index is 1.40. The molecule has 1 heterocycles. The van der Waals surface area contributed by atoms with Crippen molar-refractivity contribution in [3.8, 4) is 0 Å². The largest absolute Gasteiger partial charge is 0.390 e. The van der Waals surface area contributed by atoms with Crippen molar-refractivity contribution >= 4 is 11.6 Å². The first-order valence-corrected chi connectivity index (χ1v) is 14.1. The second-order valence-electron chi connectivity index (χ2n) is 13.4. The van der Waals surface area contributed by atoms with Crippen molar-refractivity contribution in [2.45, 2.75) is 65.3 Å². The molecule has 4 aliphatic carbocycles. The Kier molecular flexibility index (Phi) is 5.78. The second kappa shape index (κ2) is 8.42. The number of carbonyl (C=O) groups excluding carboxylic acids is 2. The summed E-state index contributed by atoms with van der Waals surface area (Å²) in [6.07, 6.45) is 4.85. The summed E-state index contributed by atoms with van der Waals surface area (Å²) in [7, 11) is 0. The van der Waals surface area contributed by atoms with E-state index in [1.807, 2.05) is 13.0 Å². The van der Waals surface area contributed by atoms with Crippen molar-refractivity contribution in [3.05, 3.63) is 59.2 Å². The SMILES string of the molecule is Cc1cccc(CN2CC3CC4C5CC(C)C6=CC(=O)C=CC6(C)C5(F)C(O)CC4(C)C3(C(=O)CO)C2)c1. The zero-order chi connectivity index (χ0) is 27.3. The molecule has 5 aliphatic rings. The molecule has 0 amide bonds. The molecule has 1 aromatic carbocycles. The number of fused-ring (bicyclic) bond motifs is 7. The van der Waals surface area contributed by atoms with E-state index in [1.165, 1.54) is 17.2 Å². The minimum absolute atomic E-state index is 0.0000335. The summed E-state index contributed by atoms with van der Waals surface area (Å²) in [5.74, 6) is -0.829. The number of Topliss-reactive ketones (excluding diaryl/α,β-unsaturated/α-hetero) is 1. The Hall–Kier alpha value is -2.15. The van der Waals surface area contributed by atoms with Crippen LogP contribution in [0.2, 0.25) is 0 Å². The molecule has 1 aliphatic heterocycles. The second-order valence-corrected chi connectivity index (χ2v) is 13.4. The first kappa shape index (κ1) is 26.1. The standard InChI is InChI=1S/C32H40FNO4/c1-19-6-5-7-21(10-19)15-34-16-22-12-25-26-11-20(2)24-13-23(36)8-9-29(24,3)32(26,33)27(37)14-30(25,4)31(22,18-34)28(38)17-35/h5-10,13,20,22,25-27,35,37H,11-12,14-18H2,1-4H3. The Bertz CT molecular complexity index is 1260. The lowest BCUT2D eigenvalue weighted by Crippen LogP contribution is -2.69. The van der Waals surface area contributed by atoms with Crippen LogP contribution < -0.4 is 0 Å². The average Bonchev–Trinajstić information content (AvgIpc) is 3.34. The van der Waals surface area contributed by atoms with Gasteiger partial charge in [-0.3, -0.25) is 14.5 Å². The van der Waals surface area contributed by atoms with E-state index < -0.39 is 40.5 Å². The molecule has 3 saturated carbocycles. The van der Waals surface area contributed by atoms with Crippen LogP contribution in [0.4, 0.5) is 4.39 Å². The van der Waals surface area contributed by atoms with Gasteiger partial charge in [0.2, 0.25) is 0 Å². The van der Waals surface area contributed by atoms with E-state index in [0.29, 0.717) is 19.4 Å². The molecule has 1 saturated heterocycles. The summed E-state index contributed by atoms with van der Waals surface area (Å²) < 4.78 is 17.6. The van der Waals surface area contributed by atoms with E-state index in [4.69, 9.17) is 0 Å². The highest BCUT2D eigenvalue weighted by atomic mass is 19.1. The molecule has 0 aromatic heterocycles. The van der Waals surface area contributed by atoms with E-state index in [-0.39, 0.29) is 35.7 Å². The molecule has 5 nitrogen and oxygen atoms in total. The van der Waals surface area contributed by atoms with Crippen LogP contribution in [-0.4, -0.2) is 58.1 Å². The van der Waals surface area contributed by atoms with Gasteiger partial charge in [0.05, 0.1) is 11.5 Å². The average molecular weight is 522 g/mol. The lowest BCUT2D eigenvalue weighted by atomic mass is 9.42. The molecule has 38 heavy (non-hydrogen) atoms. The molecule has 6 heteroatoms. The highest BCUT2D eigenvalue weighted by molar-refractivity contribution is 6.01. The zero-order valence-corrected chi connectivity index (χ0v) is 22.9. The highest BCUT2D eigenvalue weighted by Crippen LogP contribution is 2.74. The first-order valence-electron chi connectivity index (χ1n) is 14.1. The summed E-state index contributed by atoms with van der Waals surface area (Å²) >= 11 is 0. The molecule has 0 spiro atoms. The quantitative estimate of drug-likeness (QED) is 0.621. The van der Waals surface area contributed by atoms with Gasteiger partial charge in [-0.1, -0.05) is 55.3 Å². The van der Waals surface area contributed by atoms with Crippen molar-refractivity contribution in [2.75, 3.05) is 19.7 Å². The third-order valence-electron chi connectivity index (χ3n) is 11.7. The Morgan fingerprint density at radius 3 is 2.68 bits per heavy atom. The highest BCUT2D eigenvalue weighted by Gasteiger charge is 2.77. The smallest absolute Gasteiger partial charge is 0.178 e. The van der Waals surface area contributed by atoms with E-state index in [1.54, 1.807) is 12.2 Å². The summed E-state index contributed by atoms with van der Waals surface area (Å²) in [5.41, 5.74) is -1.28. The molecule has 9 atom stereocenters. The Morgan fingerprint density at radius 2 is 1.97 bits per heavy atom. The number of aliphatic hydroxyl groups excluding tert-OH is 2. The predicted molar refractivity (Wildman–Crippen MR) is 143 cm³/mol. The normalized spacial score (nSPS) is 45.7. The Morgan fingerprint density at radius 1 is 1.21 bits per heavy atom. The van der Waals surface area contributed by atoms with Crippen molar-refractivity contribution in [3.63, 3.8) is 0 Å². The molecule has 9 unspecified atom stereocenters. The van der Waals surface area contributed by atoms with E-state index in [2.05, 4.69) is 43.9 Å². The number of hydrogen-bond donors (Lipinski definition) is 2. The number of ketones is 2. The van der Waals surface area contributed by atoms with Gasteiger partial charge in [-0.15, -0.1) is 0 Å². The van der Waals surface area contributed by atoms with E-state index >= 15 is 4.39 Å². The maximum atomic E-state index is 17.6. The molecule has 4 fully saturated rings. The van der Waals surface area contributed by atoms with Gasteiger partial charge in [0.25, 0.3) is 0 Å². The van der Waals surface area contributed by atoms with Crippen molar-refractivity contribution in [1.82, 2.24) is 4.90 Å². The monoisotopic (exact) mass is 521 g/mol. The summed E-state index contributed by atoms with van der Waals surface area (Å²) in [6, 6.07) is 8.39. The molecule has 204 valence electrons. The van der Waals surface area contributed by atoms with Crippen LogP contribution in [0.15, 0.2) is 48.1 Å². The maximum absolute atomic E-state index is 17.6. The molecular weight excluding hydrogens is 481 g/mol. The fourth-order valence-corrected chi connectivity index (χ4v) is 10.1. The first-order chi connectivity index (χ1) is 17.9. The van der Waals surface area contributed by atoms with Crippen LogP contribution in [-0.2, 0) is 16.1 Å². The number of allylic oxidation sites excluding steroid dienone is 4. The number of alkyl halides is 1. The minimum Gasteiger partial charge on any atom is -0.390 e. The number of nitrogens with zero attached hydrogens (tertiary/aromatic N) is 1. The summed E-state index contributed by atoms with van der Waals surface area (Å²) in [4.78, 5) is 28.3. The van der Waals surface area contributed by atoms with E-state index in [0.717, 1.165) is 18.7 Å². The molecule has 6 rings (SSSR count). The van der Waals surface area contributed by atoms with Crippen LogP contribution in [0.1, 0.15) is 51.2 Å². The van der Waals surface area contributed by atoms with Crippen LogP contribution in [0.3, 0.4) is 0 Å². The van der Waals surface area contributed by atoms with Crippen LogP contribution in [0.25, 0.3) is 0 Å². The van der Waals surface area contributed by atoms with Gasteiger partial charge in [-0.05, 0) is 74.0 Å². The maximum Gasteiger partial charge on any atom is 0.178 e. The molecule has 0 radical (unpaired) electrons. The number of rotatable bonds is 4. The van der Waals surface area contributed by atoms with Crippen molar-refractivity contribution in [1.29, 1.82) is 0 Å². The number of hydrogen-bond acceptors (Lipinski definition) is 5. The van der Waals surface area contributed by atoms with Crippen LogP contribution in [0, 0.1) is 46.8 Å². The predicted octanol–water partition coefficient (Wildman–Crippen LogP) is 4.20. The van der Waals surface area contributed by atoms with Crippen molar-refractivity contribution < 1.29 is 24.2 Å². The van der Waals surface area contributed by atoms with Crippen LogP contribution in [0.5, 0.6) is 0 Å². The molecule has 0 bridgehead atoms. The third-order valence-corrected chi connectivity index (χ3v) is 11.7. The van der Waals surface area contributed by atoms with Gasteiger partial charge < -0.3 is 10.2 Å². The number of aryl methyl sites for hydroxylation is 1. The summed E-state index contributed by atoms with van der Waals surface area (Å²) in [5, 5.41) is 22.0. The topological polar surface area (TPSA) is 77.8 Å². The zero-order valence-electron chi connectivity index (χ0n) is 22.9. The van der Waals surface area contributed by atoms with Gasteiger partial charge in [0.1, 0.15) is 6.61 Å². The van der Waals surface area contributed by atoms with Gasteiger partial charge in [0, 0.05) is 31.0 Å². The van der Waals surface area contributed by atoms with Gasteiger partial charge in [-0.25, -0.2) is 4.39 Å². The number of benzene rings is 1. The number of likely N-dealkylation sites (tertiary alicyclic amines) is 1. The van der Waals surface area contributed by atoms with Crippen molar-refractivity contribution in [2.24, 2.45) is 39.9 Å². The lowest BCUT2D eigenvalue weighted by molar-refractivity contribution is -0.210. The summed E-state index contributed by atoms with van der Waals surface area (Å²) in [6.45, 7) is 9.48.